The molecule has 90 valence electrons. The molecule has 0 saturated carbocycles. The van der Waals surface area contributed by atoms with Crippen molar-refractivity contribution in [2.45, 2.75) is 6.92 Å². The zero-order chi connectivity index (χ0) is 12.8. The van der Waals surface area contributed by atoms with Gasteiger partial charge in [-0.3, -0.25) is 4.79 Å². The van der Waals surface area contributed by atoms with E-state index in [1.165, 1.54) is 19.1 Å². The lowest BCUT2D eigenvalue weighted by Crippen LogP contribution is -2.19. The highest BCUT2D eigenvalue weighted by atomic mass is 35.5. The lowest BCUT2D eigenvalue weighted by molar-refractivity contribution is -0.118. The molecule has 2 N–H and O–H groups in total. The summed E-state index contributed by atoms with van der Waals surface area (Å²) in [6.07, 6.45) is 3.28. The van der Waals surface area contributed by atoms with Gasteiger partial charge in [0.1, 0.15) is 0 Å². The Kier molecular flexibility index (Phi) is 4.72. The van der Waals surface area contributed by atoms with E-state index >= 15 is 0 Å². The van der Waals surface area contributed by atoms with Gasteiger partial charge in [-0.1, -0.05) is 23.8 Å². The van der Waals surface area contributed by atoms with Crippen LogP contribution in [0.5, 0.6) is 0 Å². The summed E-state index contributed by atoms with van der Waals surface area (Å²) in [6.45, 7) is 1.76. The van der Waals surface area contributed by atoms with Crippen LogP contribution in [-0.2, 0) is 4.79 Å². The number of nitrogens with one attached hydrogen (secondary N) is 1. The molecule has 0 aromatic heterocycles. The van der Waals surface area contributed by atoms with Crippen molar-refractivity contribution in [3.05, 3.63) is 40.4 Å². The van der Waals surface area contributed by atoms with Gasteiger partial charge in [-0.2, -0.15) is 0 Å². The van der Waals surface area contributed by atoms with Crippen LogP contribution in [0.25, 0.3) is 6.08 Å². The van der Waals surface area contributed by atoms with Gasteiger partial charge in [0.05, 0.1) is 5.56 Å². The van der Waals surface area contributed by atoms with E-state index in [2.05, 4.69) is 5.32 Å². The van der Waals surface area contributed by atoms with Gasteiger partial charge in [0.15, 0.2) is 0 Å². The molecule has 5 heteroatoms. The summed E-state index contributed by atoms with van der Waals surface area (Å²) in [7, 11) is 0. The number of hydrogen-bond acceptors (Lipinski definition) is 2. The topological polar surface area (TPSA) is 66.4 Å². The van der Waals surface area contributed by atoms with E-state index in [1.54, 1.807) is 18.2 Å². The summed E-state index contributed by atoms with van der Waals surface area (Å²) in [5.41, 5.74) is 0.684. The Morgan fingerprint density at radius 1 is 1.47 bits per heavy atom. The standard InChI is InChI=1S/C12H12ClNO3/c1-8(15)14-6-2-3-9-7-10(13)4-5-11(9)12(16)17/h2-5,7H,6H2,1H3,(H,14,15)(H,16,17). The zero-order valence-corrected chi connectivity index (χ0v) is 9.99. The van der Waals surface area contributed by atoms with Crippen molar-refractivity contribution in [1.29, 1.82) is 0 Å². The number of halogens is 1. The highest BCUT2D eigenvalue weighted by Gasteiger charge is 2.07. The maximum Gasteiger partial charge on any atom is 0.336 e. The predicted molar refractivity (Wildman–Crippen MR) is 66.1 cm³/mol. The largest absolute Gasteiger partial charge is 0.478 e. The van der Waals surface area contributed by atoms with Crippen LogP contribution in [0.4, 0.5) is 0 Å². The average molecular weight is 254 g/mol. The molecular weight excluding hydrogens is 242 g/mol. The first-order chi connectivity index (χ1) is 8.00. The van der Waals surface area contributed by atoms with Crippen LogP contribution in [0, 0.1) is 0 Å². The van der Waals surface area contributed by atoms with Crippen LogP contribution in [0.1, 0.15) is 22.8 Å². The molecule has 0 aliphatic heterocycles. The van der Waals surface area contributed by atoms with Gasteiger partial charge >= 0.3 is 5.97 Å². The highest BCUT2D eigenvalue weighted by molar-refractivity contribution is 6.30. The van der Waals surface area contributed by atoms with E-state index in [1.807, 2.05) is 0 Å². The van der Waals surface area contributed by atoms with Gasteiger partial charge in [-0.25, -0.2) is 4.79 Å². The molecule has 17 heavy (non-hydrogen) atoms. The van der Waals surface area contributed by atoms with Crippen LogP contribution < -0.4 is 5.32 Å². The van der Waals surface area contributed by atoms with E-state index in [-0.39, 0.29) is 11.5 Å². The molecule has 1 aromatic carbocycles. The van der Waals surface area contributed by atoms with Crippen molar-refractivity contribution in [1.82, 2.24) is 5.32 Å². The summed E-state index contributed by atoms with van der Waals surface area (Å²) in [5, 5.41) is 12.0. The minimum atomic E-state index is -1.01. The molecular formula is C12H12ClNO3. The average Bonchev–Trinajstić information content (AvgIpc) is 2.23. The lowest BCUT2D eigenvalue weighted by atomic mass is 10.1. The summed E-state index contributed by atoms with van der Waals surface area (Å²) < 4.78 is 0. The van der Waals surface area contributed by atoms with E-state index < -0.39 is 5.97 Å². The van der Waals surface area contributed by atoms with Gasteiger partial charge < -0.3 is 10.4 Å². The number of rotatable bonds is 4. The summed E-state index contributed by atoms with van der Waals surface area (Å²) >= 11 is 5.79. The third-order valence-corrected chi connectivity index (χ3v) is 2.25. The summed E-state index contributed by atoms with van der Waals surface area (Å²) in [4.78, 5) is 21.6. The van der Waals surface area contributed by atoms with Gasteiger partial charge in [-0.05, 0) is 23.8 Å². The number of carboxylic acid groups (broad SMARTS) is 1. The molecule has 0 saturated heterocycles. The molecule has 0 radical (unpaired) electrons. The number of carbonyl (C=O) groups excluding carboxylic acids is 1. The molecule has 4 nitrogen and oxygen atoms in total. The van der Waals surface area contributed by atoms with Crippen molar-refractivity contribution in [2.24, 2.45) is 0 Å². The molecule has 0 aliphatic carbocycles. The Morgan fingerprint density at radius 3 is 2.76 bits per heavy atom. The number of carbonyl (C=O) groups is 2. The molecule has 0 bridgehead atoms. The maximum absolute atomic E-state index is 10.9. The first-order valence-electron chi connectivity index (χ1n) is 4.94. The van der Waals surface area contributed by atoms with Crippen molar-refractivity contribution < 1.29 is 14.7 Å². The van der Waals surface area contributed by atoms with Crippen LogP contribution in [0.3, 0.4) is 0 Å². The van der Waals surface area contributed by atoms with Crippen molar-refractivity contribution in [2.75, 3.05) is 6.54 Å². The van der Waals surface area contributed by atoms with Gasteiger partial charge in [0, 0.05) is 18.5 Å². The predicted octanol–water partition coefficient (Wildman–Crippen LogP) is 2.19. The Morgan fingerprint density at radius 2 is 2.18 bits per heavy atom. The highest BCUT2D eigenvalue weighted by Crippen LogP contribution is 2.17. The second kappa shape index (κ2) is 6.06. The molecule has 0 heterocycles. The normalized spacial score (nSPS) is 10.5. The summed E-state index contributed by atoms with van der Waals surface area (Å²) in [6, 6.07) is 4.54. The molecule has 0 atom stereocenters. The van der Waals surface area contributed by atoms with Crippen LogP contribution in [0.2, 0.25) is 5.02 Å². The van der Waals surface area contributed by atoms with Crippen LogP contribution in [0.15, 0.2) is 24.3 Å². The number of amides is 1. The van der Waals surface area contributed by atoms with E-state index in [9.17, 15) is 9.59 Å². The lowest BCUT2D eigenvalue weighted by Gasteiger charge is -2.02. The number of hydrogen-bond donors (Lipinski definition) is 2. The maximum atomic E-state index is 10.9. The Bertz CT molecular complexity index is 469. The van der Waals surface area contributed by atoms with Crippen LogP contribution in [-0.4, -0.2) is 23.5 Å². The minimum Gasteiger partial charge on any atom is -0.478 e. The minimum absolute atomic E-state index is 0.140. The molecule has 0 spiro atoms. The molecule has 1 amide bonds. The molecule has 0 fully saturated rings. The van der Waals surface area contributed by atoms with Gasteiger partial charge in [0.25, 0.3) is 0 Å². The Hall–Kier alpha value is -1.81. The number of aromatic carboxylic acids is 1. The van der Waals surface area contributed by atoms with Gasteiger partial charge in [0.2, 0.25) is 5.91 Å². The monoisotopic (exact) mass is 253 g/mol. The third-order valence-electron chi connectivity index (χ3n) is 2.01. The SMILES string of the molecule is CC(=O)NCC=Cc1cc(Cl)ccc1C(=O)O. The van der Waals surface area contributed by atoms with Crippen molar-refractivity contribution in [3.8, 4) is 0 Å². The van der Waals surface area contributed by atoms with Crippen molar-refractivity contribution in [3.63, 3.8) is 0 Å². The molecule has 1 rings (SSSR count). The van der Waals surface area contributed by atoms with Gasteiger partial charge in [-0.15, -0.1) is 0 Å². The number of benzene rings is 1. The molecule has 0 unspecified atom stereocenters. The van der Waals surface area contributed by atoms with Crippen LogP contribution >= 0.6 is 11.6 Å². The second-order valence-electron chi connectivity index (χ2n) is 3.38. The van der Waals surface area contributed by atoms with Crippen molar-refractivity contribution >= 4 is 29.6 Å². The Labute approximate surface area is 104 Å². The fourth-order valence-corrected chi connectivity index (χ4v) is 1.44. The first-order valence-corrected chi connectivity index (χ1v) is 5.32. The first kappa shape index (κ1) is 13.3. The smallest absolute Gasteiger partial charge is 0.336 e. The van der Waals surface area contributed by atoms with E-state index in [0.29, 0.717) is 17.1 Å². The fraction of sp³-hybridized carbons (Fsp3) is 0.167. The zero-order valence-electron chi connectivity index (χ0n) is 9.24. The number of carboxylic acids is 1. The molecule has 0 aliphatic rings. The van der Waals surface area contributed by atoms with E-state index in [0.717, 1.165) is 0 Å². The fourth-order valence-electron chi connectivity index (χ4n) is 1.25. The van der Waals surface area contributed by atoms with E-state index in [4.69, 9.17) is 16.7 Å². The summed E-state index contributed by atoms with van der Waals surface area (Å²) in [5.74, 6) is -1.15. The second-order valence-corrected chi connectivity index (χ2v) is 3.81. The quantitative estimate of drug-likeness (QED) is 0.864. The Balaban J connectivity index is 2.85. The molecule has 1 aromatic rings. The third kappa shape index (κ3) is 4.28.